The zero-order valence-corrected chi connectivity index (χ0v) is 17.2. The Labute approximate surface area is 178 Å². The number of para-hydroxylation sites is 3. The van der Waals surface area contributed by atoms with E-state index >= 15 is 0 Å². The molecule has 0 bridgehead atoms. The van der Waals surface area contributed by atoms with Gasteiger partial charge in [-0.15, -0.1) is 0 Å². The van der Waals surface area contributed by atoms with Gasteiger partial charge in [0.2, 0.25) is 5.95 Å². The average Bonchev–Trinajstić information content (AvgIpc) is 3.41. The van der Waals surface area contributed by atoms with Gasteiger partial charge in [-0.25, -0.2) is 4.68 Å². The molecule has 0 spiro atoms. The number of anilines is 2. The lowest BCUT2D eigenvalue weighted by atomic mass is 9.94. The Hall–Kier alpha value is -4.07. The first-order chi connectivity index (χ1) is 15.2. The Morgan fingerprint density at radius 2 is 2.00 bits per heavy atom. The highest BCUT2D eigenvalue weighted by Crippen LogP contribution is 2.38. The Morgan fingerprint density at radius 3 is 2.87 bits per heavy atom. The summed E-state index contributed by atoms with van der Waals surface area (Å²) >= 11 is 0. The Morgan fingerprint density at radius 1 is 1.19 bits per heavy atom. The maximum atomic E-state index is 13.6. The van der Waals surface area contributed by atoms with E-state index in [2.05, 4.69) is 25.7 Å². The Balaban J connectivity index is 1.60. The van der Waals surface area contributed by atoms with Gasteiger partial charge in [-0.3, -0.25) is 4.79 Å². The van der Waals surface area contributed by atoms with E-state index in [-0.39, 0.29) is 5.91 Å². The lowest BCUT2D eigenvalue weighted by Gasteiger charge is -2.28. The molecule has 0 fully saturated rings. The Kier molecular flexibility index (Phi) is 4.66. The summed E-state index contributed by atoms with van der Waals surface area (Å²) in [5.74, 6) is 0.998. The molecule has 1 atom stereocenters. The molecule has 3 N–H and O–H groups in total. The smallest absolute Gasteiger partial charge is 0.255 e. The molecule has 8 nitrogen and oxygen atoms in total. The first kappa shape index (κ1) is 18.9. The molecular formula is C23H22N6O2. The third kappa shape index (κ3) is 3.22. The van der Waals surface area contributed by atoms with E-state index in [0.29, 0.717) is 29.6 Å². The SMILES string of the molecule is CCOc1ccccc1NC(=O)C1=C(C)Nc2ncnn2C1c1c[nH]c2ccccc12. The van der Waals surface area contributed by atoms with Crippen molar-refractivity contribution in [2.24, 2.45) is 0 Å². The zero-order chi connectivity index (χ0) is 21.4. The number of fused-ring (bicyclic) bond motifs is 2. The van der Waals surface area contributed by atoms with Gasteiger partial charge >= 0.3 is 0 Å². The molecule has 2 aromatic heterocycles. The van der Waals surface area contributed by atoms with Crippen molar-refractivity contribution in [2.75, 3.05) is 17.2 Å². The molecule has 0 aliphatic carbocycles. The van der Waals surface area contributed by atoms with E-state index in [1.165, 1.54) is 6.33 Å². The van der Waals surface area contributed by atoms with E-state index < -0.39 is 6.04 Å². The molecule has 8 heteroatoms. The Bertz CT molecular complexity index is 1300. The van der Waals surface area contributed by atoms with Crippen LogP contribution in [-0.4, -0.2) is 32.3 Å². The number of carbonyl (C=O) groups excluding carboxylic acids is 1. The quantitative estimate of drug-likeness (QED) is 0.457. The minimum atomic E-state index is -0.436. The van der Waals surface area contributed by atoms with Crippen LogP contribution in [-0.2, 0) is 4.79 Å². The van der Waals surface area contributed by atoms with Crippen LogP contribution in [0.5, 0.6) is 5.75 Å². The summed E-state index contributed by atoms with van der Waals surface area (Å²) in [6.07, 6.45) is 3.42. The molecule has 1 unspecified atom stereocenters. The average molecular weight is 414 g/mol. The number of ether oxygens (including phenoxy) is 1. The number of hydrogen-bond donors (Lipinski definition) is 3. The van der Waals surface area contributed by atoms with Crippen molar-refractivity contribution in [3.63, 3.8) is 0 Å². The van der Waals surface area contributed by atoms with Crippen molar-refractivity contribution in [1.82, 2.24) is 19.7 Å². The molecule has 0 saturated carbocycles. The van der Waals surface area contributed by atoms with Gasteiger partial charge in [0, 0.05) is 28.4 Å². The van der Waals surface area contributed by atoms with Crippen LogP contribution in [0.25, 0.3) is 10.9 Å². The van der Waals surface area contributed by atoms with Crippen LogP contribution in [0.3, 0.4) is 0 Å². The van der Waals surface area contributed by atoms with E-state index in [1.807, 2.05) is 68.6 Å². The minimum Gasteiger partial charge on any atom is -0.492 e. The van der Waals surface area contributed by atoms with Gasteiger partial charge in [0.25, 0.3) is 5.91 Å². The van der Waals surface area contributed by atoms with Crippen molar-refractivity contribution >= 4 is 28.4 Å². The number of carbonyl (C=O) groups is 1. The minimum absolute atomic E-state index is 0.228. The lowest BCUT2D eigenvalue weighted by molar-refractivity contribution is -0.113. The van der Waals surface area contributed by atoms with Gasteiger partial charge in [-0.05, 0) is 32.0 Å². The summed E-state index contributed by atoms with van der Waals surface area (Å²) < 4.78 is 7.42. The number of H-pyrrole nitrogens is 1. The summed E-state index contributed by atoms with van der Waals surface area (Å²) in [6, 6.07) is 15.0. The molecule has 156 valence electrons. The fourth-order valence-electron chi connectivity index (χ4n) is 4.03. The predicted molar refractivity (Wildman–Crippen MR) is 119 cm³/mol. The number of benzene rings is 2. The molecule has 4 aromatic rings. The molecule has 1 aliphatic rings. The topological polar surface area (TPSA) is 96.9 Å². The highest BCUT2D eigenvalue weighted by molar-refractivity contribution is 6.07. The van der Waals surface area contributed by atoms with Crippen LogP contribution in [0.2, 0.25) is 0 Å². The second-order valence-corrected chi connectivity index (χ2v) is 7.27. The summed E-state index contributed by atoms with van der Waals surface area (Å²) in [4.78, 5) is 21.2. The van der Waals surface area contributed by atoms with Crippen molar-refractivity contribution in [2.45, 2.75) is 19.9 Å². The van der Waals surface area contributed by atoms with Crippen LogP contribution < -0.4 is 15.4 Å². The van der Waals surface area contributed by atoms with Crippen LogP contribution in [0.15, 0.2) is 72.3 Å². The van der Waals surface area contributed by atoms with Gasteiger partial charge in [0.1, 0.15) is 18.1 Å². The van der Waals surface area contributed by atoms with Crippen molar-refractivity contribution in [1.29, 1.82) is 0 Å². The van der Waals surface area contributed by atoms with Gasteiger partial charge in [-0.2, -0.15) is 10.1 Å². The number of nitrogens with one attached hydrogen (secondary N) is 3. The highest BCUT2D eigenvalue weighted by Gasteiger charge is 2.35. The van der Waals surface area contributed by atoms with E-state index in [4.69, 9.17) is 4.74 Å². The van der Waals surface area contributed by atoms with Crippen LogP contribution >= 0.6 is 0 Å². The van der Waals surface area contributed by atoms with Gasteiger partial charge in [-0.1, -0.05) is 30.3 Å². The summed E-state index contributed by atoms with van der Waals surface area (Å²) in [5.41, 5.74) is 3.86. The van der Waals surface area contributed by atoms with Crippen molar-refractivity contribution in [3.05, 3.63) is 77.9 Å². The molecule has 0 saturated heterocycles. The van der Waals surface area contributed by atoms with Crippen molar-refractivity contribution < 1.29 is 9.53 Å². The van der Waals surface area contributed by atoms with Crippen molar-refractivity contribution in [3.8, 4) is 5.75 Å². The number of rotatable bonds is 5. The summed E-state index contributed by atoms with van der Waals surface area (Å²) in [5, 5.41) is 11.7. The van der Waals surface area contributed by atoms with Gasteiger partial charge in [0.05, 0.1) is 17.9 Å². The lowest BCUT2D eigenvalue weighted by Crippen LogP contribution is -2.31. The number of aromatic nitrogens is 4. The van der Waals surface area contributed by atoms with Crippen LogP contribution in [0.1, 0.15) is 25.5 Å². The second-order valence-electron chi connectivity index (χ2n) is 7.27. The third-order valence-electron chi connectivity index (χ3n) is 5.39. The van der Waals surface area contributed by atoms with Crippen LogP contribution in [0.4, 0.5) is 11.6 Å². The van der Waals surface area contributed by atoms with E-state index in [0.717, 1.165) is 22.2 Å². The first-order valence-corrected chi connectivity index (χ1v) is 10.1. The maximum absolute atomic E-state index is 13.6. The molecule has 0 radical (unpaired) electrons. The maximum Gasteiger partial charge on any atom is 0.255 e. The van der Waals surface area contributed by atoms with Crippen LogP contribution in [0, 0.1) is 0 Å². The molecule has 31 heavy (non-hydrogen) atoms. The normalized spacial score (nSPS) is 15.5. The number of nitrogens with zero attached hydrogens (tertiary/aromatic N) is 3. The monoisotopic (exact) mass is 414 g/mol. The predicted octanol–water partition coefficient (Wildman–Crippen LogP) is 4.09. The van der Waals surface area contributed by atoms with Gasteiger partial charge < -0.3 is 20.4 Å². The third-order valence-corrected chi connectivity index (χ3v) is 5.39. The number of hydrogen-bond acceptors (Lipinski definition) is 5. The molecule has 2 aromatic carbocycles. The molecule has 1 amide bonds. The molecule has 1 aliphatic heterocycles. The number of allylic oxidation sites excluding steroid dienone is 1. The van der Waals surface area contributed by atoms with E-state index in [9.17, 15) is 4.79 Å². The fraction of sp³-hybridized carbons (Fsp3) is 0.174. The second kappa shape index (κ2) is 7.64. The number of amides is 1. The largest absolute Gasteiger partial charge is 0.492 e. The van der Waals surface area contributed by atoms with E-state index in [1.54, 1.807) is 4.68 Å². The number of aromatic amines is 1. The summed E-state index contributed by atoms with van der Waals surface area (Å²) in [6.45, 7) is 4.30. The fourth-order valence-corrected chi connectivity index (χ4v) is 4.03. The molecular weight excluding hydrogens is 392 g/mol. The highest BCUT2D eigenvalue weighted by atomic mass is 16.5. The summed E-state index contributed by atoms with van der Waals surface area (Å²) in [7, 11) is 0. The first-order valence-electron chi connectivity index (χ1n) is 10.1. The standard InChI is InChI=1S/C23H22N6O2/c1-3-31-19-11-7-6-10-18(19)28-22(30)20-14(2)27-23-25-13-26-29(23)21(20)16-12-24-17-9-5-4-8-15(16)17/h4-13,21,24H,3H2,1-2H3,(H,28,30)(H,25,26,27). The van der Waals surface area contributed by atoms with Gasteiger partial charge in [0.15, 0.2) is 0 Å². The molecule has 5 rings (SSSR count). The molecule has 3 heterocycles. The zero-order valence-electron chi connectivity index (χ0n) is 17.2.